The molecule has 0 bridgehead atoms. The van der Waals surface area contributed by atoms with Crippen LogP contribution in [0.5, 0.6) is 0 Å². The van der Waals surface area contributed by atoms with Crippen molar-refractivity contribution in [1.82, 2.24) is 4.90 Å². The summed E-state index contributed by atoms with van der Waals surface area (Å²) >= 11 is 3.28. The number of halogens is 3. The largest absolute Gasteiger partial charge is 0.487 e. The molecule has 0 aromatic heterocycles. The molecule has 0 unspecified atom stereocenters. The third-order valence-corrected chi connectivity index (χ3v) is 5.21. The number of carbonyl (C=O) groups excluding carboxylic acids is 1. The van der Waals surface area contributed by atoms with Gasteiger partial charge in [0.1, 0.15) is 24.0 Å². The lowest BCUT2D eigenvalue weighted by Crippen LogP contribution is -2.38. The summed E-state index contributed by atoms with van der Waals surface area (Å²) in [5.41, 5.74) is 8.60. The minimum Gasteiger partial charge on any atom is -0.487 e. The Balaban J connectivity index is 1.76. The van der Waals surface area contributed by atoms with Gasteiger partial charge in [0.2, 0.25) is 0 Å². The number of ether oxygens (including phenoxy) is 1. The number of nitrogens with two attached hydrogens (primary N) is 1. The van der Waals surface area contributed by atoms with E-state index in [1.54, 1.807) is 17.9 Å². The lowest BCUT2D eigenvalue weighted by molar-refractivity contribution is -0.120. The van der Waals surface area contributed by atoms with Gasteiger partial charge >= 0.3 is 5.91 Å². The zero-order chi connectivity index (χ0) is 20.3. The Morgan fingerprint density at radius 1 is 1.11 bits per heavy atom. The van der Waals surface area contributed by atoms with Crippen LogP contribution in [0.2, 0.25) is 0 Å². The topological polar surface area (TPSA) is 58.2 Å². The zero-order valence-electron chi connectivity index (χ0n) is 15.2. The molecular formula is C21H19BrF2N2O2+. The fraction of sp³-hybridized carbons (Fsp3) is 0.190. The van der Waals surface area contributed by atoms with Crippen molar-refractivity contribution in [3.05, 3.63) is 92.8 Å². The minimum atomic E-state index is -0.695. The van der Waals surface area contributed by atoms with E-state index < -0.39 is 11.6 Å². The molecule has 4 nitrogen and oxygen atoms in total. The molecule has 0 saturated heterocycles. The van der Waals surface area contributed by atoms with Crippen molar-refractivity contribution in [2.24, 2.45) is 5.73 Å². The summed E-state index contributed by atoms with van der Waals surface area (Å²) in [6.07, 6.45) is 1.71. The van der Waals surface area contributed by atoms with E-state index in [4.69, 9.17) is 10.5 Å². The maximum Gasteiger partial charge on any atom is 0.409 e. The Kier molecular flexibility index (Phi) is 6.39. The van der Waals surface area contributed by atoms with Crippen LogP contribution < -0.4 is 10.6 Å². The normalized spacial score (nSPS) is 15.0. The standard InChI is InChI=1S/C21H19BrF2N2O2/c1-13-8-19(28-12-16-6-7-17(23)9-18(16)24)20(22)21(27)26(13)11-15-5-3-2-4-14(15)10-25/h2-9H,10-12,25H2,1H3/q+1. The maximum absolute atomic E-state index is 13.8. The van der Waals surface area contributed by atoms with Crippen LogP contribution in [0.4, 0.5) is 8.78 Å². The van der Waals surface area contributed by atoms with Crippen molar-refractivity contribution < 1.29 is 18.3 Å². The van der Waals surface area contributed by atoms with E-state index in [-0.39, 0.29) is 22.6 Å². The van der Waals surface area contributed by atoms with E-state index in [2.05, 4.69) is 15.9 Å². The van der Waals surface area contributed by atoms with Gasteiger partial charge in [-0.3, -0.25) is 0 Å². The van der Waals surface area contributed by atoms with Crippen LogP contribution in [0.1, 0.15) is 23.6 Å². The second-order valence-corrected chi connectivity index (χ2v) is 7.15. The molecule has 145 valence electrons. The van der Waals surface area contributed by atoms with Crippen LogP contribution in [-0.2, 0) is 29.2 Å². The summed E-state index contributed by atoms with van der Waals surface area (Å²) in [6.45, 7) is 2.44. The average Bonchev–Trinajstić information content (AvgIpc) is 2.68. The molecule has 1 heterocycles. The van der Waals surface area contributed by atoms with Crippen LogP contribution in [0.3, 0.4) is 0 Å². The Morgan fingerprint density at radius 3 is 2.50 bits per heavy atom. The minimum absolute atomic E-state index is 0.121. The molecule has 1 amide bonds. The fourth-order valence-corrected chi connectivity index (χ4v) is 3.34. The van der Waals surface area contributed by atoms with Crippen molar-refractivity contribution in [1.29, 1.82) is 0 Å². The van der Waals surface area contributed by atoms with Crippen LogP contribution in [0, 0.1) is 11.6 Å². The summed E-state index contributed by atoms with van der Waals surface area (Å²) in [4.78, 5) is 14.4. The van der Waals surface area contributed by atoms with Crippen LogP contribution in [0.15, 0.2) is 64.5 Å². The van der Waals surface area contributed by atoms with Crippen LogP contribution in [0.25, 0.3) is 0 Å². The van der Waals surface area contributed by atoms with Gasteiger partial charge in [0.25, 0.3) is 0 Å². The summed E-state index contributed by atoms with van der Waals surface area (Å²) < 4.78 is 32.7. The molecule has 7 heteroatoms. The molecule has 0 saturated carbocycles. The quantitative estimate of drug-likeness (QED) is 0.668. The summed E-state index contributed by atoms with van der Waals surface area (Å²) in [7, 11) is 0. The van der Waals surface area contributed by atoms with Gasteiger partial charge in [0.05, 0.1) is 0 Å². The third kappa shape index (κ3) is 4.38. The van der Waals surface area contributed by atoms with Gasteiger partial charge in [-0.1, -0.05) is 29.2 Å². The van der Waals surface area contributed by atoms with Gasteiger partial charge in [0, 0.05) is 36.7 Å². The number of benzene rings is 2. The highest BCUT2D eigenvalue weighted by molar-refractivity contribution is 9.12. The predicted octanol–water partition coefficient (Wildman–Crippen LogP) is 4.33. The molecule has 2 aromatic carbocycles. The molecule has 0 fully saturated rings. The first kappa shape index (κ1) is 20.4. The Bertz CT molecular complexity index is 971. The monoisotopic (exact) mass is 448 g/mol. The summed E-state index contributed by atoms with van der Waals surface area (Å²) in [5.74, 6) is -1.31. The average molecular weight is 449 g/mol. The van der Waals surface area contributed by atoms with Gasteiger partial charge in [0.15, 0.2) is 16.7 Å². The van der Waals surface area contributed by atoms with Crippen molar-refractivity contribution in [2.45, 2.75) is 26.6 Å². The first-order valence-electron chi connectivity index (χ1n) is 8.64. The molecule has 28 heavy (non-hydrogen) atoms. The number of allylic oxidation sites excluding steroid dienone is 2. The number of nitrogens with zero attached hydrogens (tertiary/aromatic N) is 1. The van der Waals surface area contributed by atoms with E-state index in [1.165, 1.54) is 6.07 Å². The van der Waals surface area contributed by atoms with Gasteiger partial charge in [-0.15, -0.1) is 0 Å². The highest BCUT2D eigenvalue weighted by Crippen LogP contribution is 2.28. The van der Waals surface area contributed by atoms with Crippen molar-refractivity contribution in [3.8, 4) is 0 Å². The number of amides is 1. The Hall–Kier alpha value is -2.35. The molecule has 1 aliphatic heterocycles. The van der Waals surface area contributed by atoms with E-state index >= 15 is 0 Å². The van der Waals surface area contributed by atoms with Gasteiger partial charge in [-0.05, 0) is 33.6 Å². The lowest BCUT2D eigenvalue weighted by Gasteiger charge is -2.18. The van der Waals surface area contributed by atoms with Crippen molar-refractivity contribution >= 4 is 21.8 Å². The molecule has 1 aliphatic rings. The molecule has 0 atom stereocenters. The van der Waals surface area contributed by atoms with Gasteiger partial charge in [-0.25, -0.2) is 13.6 Å². The van der Waals surface area contributed by atoms with Crippen LogP contribution in [-0.4, -0.2) is 5.91 Å². The highest BCUT2D eigenvalue weighted by atomic mass is 79.9. The van der Waals surface area contributed by atoms with Crippen molar-refractivity contribution in [2.75, 3.05) is 0 Å². The lowest BCUT2D eigenvalue weighted by atomic mass is 10.1. The SMILES string of the molecule is CC1=CC(OCc2ccc(F)cc2F)=C(Br)C(=O)[N+]1Cc1ccccc1CN. The van der Waals surface area contributed by atoms with E-state index in [1.807, 2.05) is 24.3 Å². The van der Waals surface area contributed by atoms with E-state index in [0.29, 0.717) is 24.5 Å². The molecule has 0 spiro atoms. The van der Waals surface area contributed by atoms with E-state index in [0.717, 1.165) is 23.3 Å². The smallest absolute Gasteiger partial charge is 0.409 e. The summed E-state index contributed by atoms with van der Waals surface area (Å²) in [6, 6.07) is 10.9. The zero-order valence-corrected chi connectivity index (χ0v) is 16.8. The second-order valence-electron chi connectivity index (χ2n) is 6.35. The number of carbonyl (C=O) groups is 1. The Morgan fingerprint density at radius 2 is 1.82 bits per heavy atom. The van der Waals surface area contributed by atoms with Crippen LogP contribution >= 0.6 is 15.9 Å². The number of hydrogen-bond acceptors (Lipinski definition) is 3. The van der Waals surface area contributed by atoms with Gasteiger partial charge in [-0.2, -0.15) is 0 Å². The maximum atomic E-state index is 13.8. The van der Waals surface area contributed by atoms with Gasteiger partial charge < -0.3 is 10.5 Å². The second kappa shape index (κ2) is 8.77. The first-order chi connectivity index (χ1) is 13.4. The molecule has 2 N–H and O–H groups in total. The molecule has 0 aliphatic carbocycles. The summed E-state index contributed by atoms with van der Waals surface area (Å²) in [5, 5.41) is 0. The highest BCUT2D eigenvalue weighted by Gasteiger charge is 2.38. The van der Waals surface area contributed by atoms with Crippen molar-refractivity contribution in [3.63, 3.8) is 0 Å². The molecule has 1 radical (unpaired) electrons. The Labute approximate surface area is 170 Å². The molecule has 2 aromatic rings. The number of rotatable bonds is 6. The van der Waals surface area contributed by atoms with E-state index in [9.17, 15) is 13.6 Å². The molecule has 3 rings (SSSR count). The number of hydrogen-bond donors (Lipinski definition) is 1. The third-order valence-electron chi connectivity index (χ3n) is 4.48. The predicted molar refractivity (Wildman–Crippen MR) is 106 cm³/mol. The molecular weight excluding hydrogens is 430 g/mol. The fourth-order valence-electron chi connectivity index (χ4n) is 2.89. The first-order valence-corrected chi connectivity index (χ1v) is 9.43.